The maximum absolute atomic E-state index is 13.1. The van der Waals surface area contributed by atoms with Gasteiger partial charge in [-0.1, -0.05) is 6.07 Å². The van der Waals surface area contributed by atoms with E-state index in [1.807, 2.05) is 36.7 Å². The molecule has 0 bridgehead atoms. The average Bonchev–Trinajstić information content (AvgIpc) is 3.13. The average molecular weight is 459 g/mol. The van der Waals surface area contributed by atoms with Crippen LogP contribution in [0.1, 0.15) is 54.6 Å². The van der Waals surface area contributed by atoms with Crippen LogP contribution >= 0.6 is 0 Å². The Kier molecular flexibility index (Phi) is 7.00. The quantitative estimate of drug-likeness (QED) is 0.647. The molecule has 1 aromatic heterocycles. The number of fused-ring (bicyclic) bond motifs is 1. The highest BCUT2D eigenvalue weighted by Gasteiger charge is 2.32. The van der Waals surface area contributed by atoms with Crippen LogP contribution in [-0.4, -0.2) is 48.0 Å². The van der Waals surface area contributed by atoms with Gasteiger partial charge in [0.15, 0.2) is 0 Å². The Morgan fingerprint density at radius 1 is 1.09 bits per heavy atom. The van der Waals surface area contributed by atoms with Gasteiger partial charge in [0.05, 0.1) is 10.6 Å². The molecule has 1 aromatic carbocycles. The first-order valence-corrected chi connectivity index (χ1v) is 13.2. The van der Waals surface area contributed by atoms with E-state index in [1.165, 1.54) is 17.5 Å². The van der Waals surface area contributed by atoms with Crippen LogP contribution in [0.3, 0.4) is 0 Å². The summed E-state index contributed by atoms with van der Waals surface area (Å²) in [4.78, 5) is 13.0. The SMILES string of the molecule is Cc1cc(C)n(CCCNC(=O)C2CCN(S(=O)(=O)c3ccc4c(c3)CCCC4)CC2)n1. The highest BCUT2D eigenvalue weighted by Crippen LogP contribution is 2.28. The van der Waals surface area contributed by atoms with Crippen molar-refractivity contribution in [1.82, 2.24) is 19.4 Å². The minimum Gasteiger partial charge on any atom is -0.356 e. The Morgan fingerprint density at radius 2 is 1.81 bits per heavy atom. The fourth-order valence-corrected chi connectivity index (χ4v) is 6.38. The first-order valence-electron chi connectivity index (χ1n) is 11.8. The lowest BCUT2D eigenvalue weighted by atomic mass is 9.92. The van der Waals surface area contributed by atoms with Gasteiger partial charge in [0, 0.05) is 37.8 Å². The number of aromatic nitrogens is 2. The fraction of sp³-hybridized carbons (Fsp3) is 0.583. The second kappa shape index (κ2) is 9.75. The number of nitrogens with one attached hydrogen (secondary N) is 1. The summed E-state index contributed by atoms with van der Waals surface area (Å²) in [6.07, 6.45) is 6.24. The van der Waals surface area contributed by atoms with Crippen molar-refractivity contribution in [1.29, 1.82) is 0 Å². The third-order valence-corrected chi connectivity index (χ3v) is 8.63. The highest BCUT2D eigenvalue weighted by molar-refractivity contribution is 7.89. The Balaban J connectivity index is 1.26. The number of nitrogens with zero attached hydrogens (tertiary/aromatic N) is 3. The van der Waals surface area contributed by atoms with Crippen LogP contribution in [0.4, 0.5) is 0 Å². The Labute approximate surface area is 191 Å². The molecule has 1 fully saturated rings. The third kappa shape index (κ3) is 5.07. The second-order valence-electron chi connectivity index (χ2n) is 9.11. The lowest BCUT2D eigenvalue weighted by Crippen LogP contribution is -2.43. The summed E-state index contributed by atoms with van der Waals surface area (Å²) in [5, 5.41) is 7.46. The van der Waals surface area contributed by atoms with Crippen LogP contribution in [-0.2, 0) is 34.2 Å². The molecule has 1 N–H and O–H groups in total. The number of carbonyl (C=O) groups is 1. The van der Waals surface area contributed by atoms with E-state index in [0.717, 1.165) is 43.6 Å². The van der Waals surface area contributed by atoms with E-state index < -0.39 is 10.0 Å². The molecule has 8 heteroatoms. The van der Waals surface area contributed by atoms with Gasteiger partial charge in [-0.2, -0.15) is 9.40 Å². The Bertz CT molecular complexity index is 1070. The monoisotopic (exact) mass is 458 g/mol. The number of piperidine rings is 1. The van der Waals surface area contributed by atoms with Crippen molar-refractivity contribution in [2.24, 2.45) is 5.92 Å². The molecule has 1 aliphatic heterocycles. The van der Waals surface area contributed by atoms with Crippen molar-refractivity contribution in [3.8, 4) is 0 Å². The van der Waals surface area contributed by atoms with Crippen LogP contribution in [0.5, 0.6) is 0 Å². The van der Waals surface area contributed by atoms with Crippen LogP contribution in [0.15, 0.2) is 29.2 Å². The standard InChI is InChI=1S/C24H34N4O3S/c1-18-16-19(2)28(26-18)13-5-12-25-24(29)21-10-14-27(15-11-21)32(30,31)23-9-8-20-6-3-4-7-22(20)17-23/h8-9,16-17,21H,3-7,10-15H2,1-2H3,(H,25,29). The maximum Gasteiger partial charge on any atom is 0.243 e. The molecular weight excluding hydrogens is 424 g/mol. The summed E-state index contributed by atoms with van der Waals surface area (Å²) in [7, 11) is -3.51. The number of hydrogen-bond acceptors (Lipinski definition) is 4. The molecule has 0 saturated carbocycles. The van der Waals surface area contributed by atoms with Crippen LogP contribution in [0, 0.1) is 19.8 Å². The van der Waals surface area contributed by atoms with Gasteiger partial charge < -0.3 is 5.32 Å². The van der Waals surface area contributed by atoms with Crippen molar-refractivity contribution in [2.45, 2.75) is 70.2 Å². The van der Waals surface area contributed by atoms with Crippen molar-refractivity contribution in [3.05, 3.63) is 46.8 Å². The molecule has 1 aliphatic carbocycles. The maximum atomic E-state index is 13.1. The van der Waals surface area contributed by atoms with Crippen LogP contribution in [0.2, 0.25) is 0 Å². The lowest BCUT2D eigenvalue weighted by Gasteiger charge is -2.31. The minimum atomic E-state index is -3.51. The molecule has 174 valence electrons. The lowest BCUT2D eigenvalue weighted by molar-refractivity contribution is -0.126. The fourth-order valence-electron chi connectivity index (χ4n) is 4.86. The van der Waals surface area contributed by atoms with Gasteiger partial charge in [0.25, 0.3) is 0 Å². The molecule has 0 atom stereocenters. The largest absolute Gasteiger partial charge is 0.356 e. The smallest absolute Gasteiger partial charge is 0.243 e. The zero-order chi connectivity index (χ0) is 22.7. The van der Waals surface area contributed by atoms with Gasteiger partial charge in [-0.15, -0.1) is 0 Å². The van der Waals surface area contributed by atoms with Crippen molar-refractivity contribution >= 4 is 15.9 Å². The minimum absolute atomic E-state index is 0.0317. The summed E-state index contributed by atoms with van der Waals surface area (Å²) in [5.74, 6) is -0.0946. The normalized spacial score (nSPS) is 17.8. The second-order valence-corrected chi connectivity index (χ2v) is 11.0. The van der Waals surface area contributed by atoms with E-state index in [9.17, 15) is 13.2 Å². The van der Waals surface area contributed by atoms with Crippen LogP contribution < -0.4 is 5.32 Å². The molecule has 32 heavy (non-hydrogen) atoms. The van der Waals surface area contributed by atoms with E-state index in [2.05, 4.69) is 10.4 Å². The number of amides is 1. The topological polar surface area (TPSA) is 84.3 Å². The van der Waals surface area contributed by atoms with E-state index in [-0.39, 0.29) is 11.8 Å². The zero-order valence-corrected chi connectivity index (χ0v) is 20.0. The molecule has 1 amide bonds. The van der Waals surface area contributed by atoms with E-state index in [4.69, 9.17) is 0 Å². The zero-order valence-electron chi connectivity index (χ0n) is 19.1. The van der Waals surface area contributed by atoms with Crippen LogP contribution in [0.25, 0.3) is 0 Å². The first-order chi connectivity index (χ1) is 15.3. The van der Waals surface area contributed by atoms with Gasteiger partial charge in [-0.05, 0) is 88.1 Å². The number of benzene rings is 1. The van der Waals surface area contributed by atoms with Gasteiger partial charge in [0.2, 0.25) is 15.9 Å². The summed E-state index contributed by atoms with van der Waals surface area (Å²) in [5.41, 5.74) is 4.58. The van der Waals surface area contributed by atoms with Gasteiger partial charge in [-0.3, -0.25) is 9.48 Å². The number of aryl methyl sites for hydroxylation is 5. The number of hydrogen-bond donors (Lipinski definition) is 1. The van der Waals surface area contributed by atoms with Gasteiger partial charge in [0.1, 0.15) is 0 Å². The third-order valence-electron chi connectivity index (χ3n) is 6.73. The molecule has 2 aromatic rings. The van der Waals surface area contributed by atoms with Crippen molar-refractivity contribution in [2.75, 3.05) is 19.6 Å². The highest BCUT2D eigenvalue weighted by atomic mass is 32.2. The predicted octanol–water partition coefficient (Wildman–Crippen LogP) is 2.99. The molecule has 0 radical (unpaired) electrons. The van der Waals surface area contributed by atoms with E-state index >= 15 is 0 Å². The predicted molar refractivity (Wildman–Crippen MR) is 124 cm³/mol. The van der Waals surface area contributed by atoms with Gasteiger partial charge in [-0.25, -0.2) is 8.42 Å². The first kappa shape index (κ1) is 23.0. The van der Waals surface area contributed by atoms with Crippen molar-refractivity contribution < 1.29 is 13.2 Å². The molecule has 0 unspecified atom stereocenters. The molecule has 4 rings (SSSR count). The van der Waals surface area contributed by atoms with E-state index in [1.54, 1.807) is 10.4 Å². The molecule has 2 aliphatic rings. The van der Waals surface area contributed by atoms with E-state index in [0.29, 0.717) is 37.4 Å². The van der Waals surface area contributed by atoms with Crippen molar-refractivity contribution in [3.63, 3.8) is 0 Å². The summed E-state index contributed by atoms with van der Waals surface area (Å²) in [6.45, 7) is 6.17. The molecule has 1 saturated heterocycles. The molecule has 2 heterocycles. The summed E-state index contributed by atoms with van der Waals surface area (Å²) >= 11 is 0. The summed E-state index contributed by atoms with van der Waals surface area (Å²) in [6, 6.07) is 7.64. The number of rotatable bonds is 7. The molecular formula is C24H34N4O3S. The Morgan fingerprint density at radius 3 is 2.50 bits per heavy atom. The van der Waals surface area contributed by atoms with Gasteiger partial charge >= 0.3 is 0 Å². The summed E-state index contributed by atoms with van der Waals surface area (Å²) < 4.78 is 29.8. The molecule has 0 spiro atoms. The molecule has 7 nitrogen and oxygen atoms in total. The Hall–Kier alpha value is -2.19. The number of sulfonamides is 1. The number of carbonyl (C=O) groups excluding carboxylic acids is 1.